The van der Waals surface area contributed by atoms with E-state index in [1.54, 1.807) is 23.5 Å². The lowest BCUT2D eigenvalue weighted by Gasteiger charge is -2.13. The molecule has 0 aliphatic rings. The average Bonchev–Trinajstić information content (AvgIpc) is 3.03. The minimum atomic E-state index is -0.414. The number of nitrogens with one attached hydrogen (secondary N) is 1. The Kier molecular flexibility index (Phi) is 10.3. The van der Waals surface area contributed by atoms with Crippen molar-refractivity contribution < 1.29 is 14.6 Å². The molecule has 7 nitrogen and oxygen atoms in total. The number of hydrazine groups is 1. The van der Waals surface area contributed by atoms with E-state index in [2.05, 4.69) is 22.4 Å². The van der Waals surface area contributed by atoms with Crippen LogP contribution in [0.25, 0.3) is 0 Å². The van der Waals surface area contributed by atoms with Crippen molar-refractivity contribution in [1.29, 1.82) is 0 Å². The van der Waals surface area contributed by atoms with Crippen LogP contribution in [0.3, 0.4) is 0 Å². The van der Waals surface area contributed by atoms with Gasteiger partial charge in [-0.15, -0.1) is 11.3 Å². The van der Waals surface area contributed by atoms with Crippen molar-refractivity contribution in [3.63, 3.8) is 0 Å². The fourth-order valence-corrected chi connectivity index (χ4v) is 3.56. The highest BCUT2D eigenvalue weighted by Crippen LogP contribution is 2.24. The Bertz CT molecular complexity index is 711. The Morgan fingerprint density at radius 2 is 1.96 bits per heavy atom. The number of methoxy groups -OCH3 is 1. The molecule has 0 atom stereocenters. The van der Waals surface area contributed by atoms with Crippen LogP contribution < -0.4 is 16.3 Å². The maximum atomic E-state index is 11.0. The molecule has 0 amide bonds. The molecule has 0 aliphatic heterocycles. The number of carbonyl (C=O) groups is 1. The van der Waals surface area contributed by atoms with Crippen LogP contribution in [0.2, 0.25) is 0 Å². The van der Waals surface area contributed by atoms with Gasteiger partial charge < -0.3 is 20.6 Å². The number of hydrogen-bond acceptors (Lipinski definition) is 9. The molecule has 2 aromatic rings. The molecule has 0 unspecified atom stereocenters. The Labute approximate surface area is 168 Å². The van der Waals surface area contributed by atoms with Crippen molar-refractivity contribution in [1.82, 2.24) is 9.73 Å². The average molecular weight is 411 g/mol. The Balaban J connectivity index is 0.000000377. The second-order valence-electron chi connectivity index (χ2n) is 5.58. The van der Waals surface area contributed by atoms with E-state index in [1.165, 1.54) is 44.9 Å². The normalized spacial score (nSPS) is 10.7. The standard InChI is InChI=1S/C11H18N4O2S2.C7H8O/c1-8-3-4-11(18-8)19-14-5-9(12)6-15(13)7-10(16)17-2;1-6-2-4-7(8)5-3-6/h3-4,6,14H,5,7,12-13H2,1-2H3;2-5,8H,1H3/b9-6-;. The topological polar surface area (TPSA) is 114 Å². The smallest absolute Gasteiger partial charge is 0.326 e. The summed E-state index contributed by atoms with van der Waals surface area (Å²) in [6.07, 6.45) is 1.50. The summed E-state index contributed by atoms with van der Waals surface area (Å²) in [5, 5.41) is 9.95. The van der Waals surface area contributed by atoms with E-state index in [0.717, 1.165) is 0 Å². The van der Waals surface area contributed by atoms with Gasteiger partial charge in [0.2, 0.25) is 0 Å². The molecular formula is C18H26N4O3S2. The third kappa shape index (κ3) is 10.5. The minimum Gasteiger partial charge on any atom is -0.508 e. The van der Waals surface area contributed by atoms with Crippen molar-refractivity contribution in [2.24, 2.45) is 11.6 Å². The van der Waals surface area contributed by atoms with Gasteiger partial charge in [0.05, 0.1) is 11.3 Å². The van der Waals surface area contributed by atoms with Crippen LogP contribution in [-0.4, -0.2) is 36.3 Å². The van der Waals surface area contributed by atoms with Crippen LogP contribution in [-0.2, 0) is 9.53 Å². The van der Waals surface area contributed by atoms with Crippen LogP contribution in [0, 0.1) is 13.8 Å². The van der Waals surface area contributed by atoms with Crippen LogP contribution in [0.5, 0.6) is 5.75 Å². The molecule has 148 valence electrons. The van der Waals surface area contributed by atoms with Crippen molar-refractivity contribution >= 4 is 29.3 Å². The van der Waals surface area contributed by atoms with Crippen molar-refractivity contribution in [3.05, 3.63) is 58.7 Å². The van der Waals surface area contributed by atoms with Gasteiger partial charge >= 0.3 is 5.97 Å². The molecule has 0 fully saturated rings. The molecule has 0 saturated carbocycles. The largest absolute Gasteiger partial charge is 0.508 e. The van der Waals surface area contributed by atoms with Gasteiger partial charge in [0.1, 0.15) is 12.3 Å². The van der Waals surface area contributed by atoms with Gasteiger partial charge in [-0.1, -0.05) is 17.7 Å². The summed E-state index contributed by atoms with van der Waals surface area (Å²) in [7, 11) is 1.31. The zero-order chi connectivity index (χ0) is 20.2. The molecule has 0 aliphatic carbocycles. The van der Waals surface area contributed by atoms with Gasteiger partial charge in [-0.2, -0.15) is 0 Å². The third-order valence-electron chi connectivity index (χ3n) is 3.07. The number of ether oxygens (including phenoxy) is 1. The number of rotatable bonds is 7. The molecule has 0 bridgehead atoms. The number of phenolic OH excluding ortho intramolecular Hbond substituents is 1. The summed E-state index contributed by atoms with van der Waals surface area (Å²) in [5.41, 5.74) is 7.48. The number of thiophene rings is 1. The van der Waals surface area contributed by atoms with Gasteiger partial charge in [0.15, 0.2) is 0 Å². The molecule has 1 aromatic carbocycles. The first-order valence-electron chi connectivity index (χ1n) is 8.06. The molecule has 0 saturated heterocycles. The molecule has 1 aromatic heterocycles. The zero-order valence-electron chi connectivity index (χ0n) is 15.6. The molecule has 6 N–H and O–H groups in total. The molecule has 2 rings (SSSR count). The lowest BCUT2D eigenvalue weighted by Crippen LogP contribution is -2.33. The van der Waals surface area contributed by atoms with Gasteiger partial charge in [0.25, 0.3) is 0 Å². The lowest BCUT2D eigenvalue weighted by atomic mass is 10.2. The first-order valence-corrected chi connectivity index (χ1v) is 9.69. The number of esters is 1. The number of phenols is 1. The van der Waals surface area contributed by atoms with Gasteiger partial charge in [-0.25, -0.2) is 5.84 Å². The molecule has 9 heteroatoms. The number of nitrogens with zero attached hydrogens (tertiary/aromatic N) is 1. The molecular weight excluding hydrogens is 384 g/mol. The highest BCUT2D eigenvalue weighted by atomic mass is 32.2. The fourth-order valence-electron chi connectivity index (χ4n) is 1.72. The fraction of sp³-hybridized carbons (Fsp3) is 0.278. The predicted octanol–water partition coefficient (Wildman–Crippen LogP) is 2.50. The Hall–Kier alpha value is -2.20. The van der Waals surface area contributed by atoms with Gasteiger partial charge in [-0.05, 0) is 50.1 Å². The highest BCUT2D eigenvalue weighted by molar-refractivity contribution is 7.99. The van der Waals surface area contributed by atoms with Crippen LogP contribution in [0.1, 0.15) is 10.4 Å². The monoisotopic (exact) mass is 410 g/mol. The van der Waals surface area contributed by atoms with Crippen LogP contribution in [0.4, 0.5) is 0 Å². The Morgan fingerprint density at radius 1 is 1.30 bits per heavy atom. The van der Waals surface area contributed by atoms with Gasteiger partial charge in [-0.3, -0.25) is 9.52 Å². The van der Waals surface area contributed by atoms with Crippen LogP contribution >= 0.6 is 23.3 Å². The lowest BCUT2D eigenvalue weighted by molar-refractivity contribution is -0.141. The SMILES string of the molecule is COC(=O)CN(N)/C=C(\N)CNSc1ccc(C)s1.Cc1ccc(O)cc1. The number of hydrogen-bond donors (Lipinski definition) is 4. The van der Waals surface area contributed by atoms with E-state index in [0.29, 0.717) is 18.0 Å². The molecule has 1 heterocycles. The molecule has 27 heavy (non-hydrogen) atoms. The molecule has 0 radical (unpaired) electrons. The summed E-state index contributed by atoms with van der Waals surface area (Å²) in [5.74, 6) is 5.50. The summed E-state index contributed by atoms with van der Waals surface area (Å²) < 4.78 is 8.79. The number of carbonyl (C=O) groups excluding carboxylic acids is 1. The summed E-state index contributed by atoms with van der Waals surface area (Å²) >= 11 is 3.22. The first kappa shape index (κ1) is 22.8. The van der Waals surface area contributed by atoms with Gasteiger partial charge in [0, 0.05) is 23.3 Å². The first-order chi connectivity index (χ1) is 12.8. The minimum absolute atomic E-state index is 0.0333. The van der Waals surface area contributed by atoms with Crippen molar-refractivity contribution in [2.75, 3.05) is 20.2 Å². The van der Waals surface area contributed by atoms with E-state index >= 15 is 0 Å². The van der Waals surface area contributed by atoms with E-state index in [-0.39, 0.29) is 6.54 Å². The Morgan fingerprint density at radius 3 is 2.48 bits per heavy atom. The third-order valence-corrected chi connectivity index (χ3v) is 4.99. The second kappa shape index (κ2) is 12.2. The predicted molar refractivity (Wildman–Crippen MR) is 111 cm³/mol. The van der Waals surface area contributed by atoms with Crippen molar-refractivity contribution in [3.8, 4) is 5.75 Å². The highest BCUT2D eigenvalue weighted by Gasteiger charge is 2.04. The van der Waals surface area contributed by atoms with E-state index in [4.69, 9.17) is 16.7 Å². The summed E-state index contributed by atoms with van der Waals surface area (Å²) in [4.78, 5) is 12.2. The second-order valence-corrected chi connectivity index (χ2v) is 8.06. The van der Waals surface area contributed by atoms with Crippen LogP contribution in [0.15, 0.2) is 52.5 Å². The quantitative estimate of drug-likeness (QED) is 0.238. The van der Waals surface area contributed by atoms with E-state index in [1.807, 2.05) is 25.1 Å². The summed E-state index contributed by atoms with van der Waals surface area (Å²) in [6, 6.07) is 11.2. The number of nitrogens with two attached hydrogens (primary N) is 2. The summed E-state index contributed by atoms with van der Waals surface area (Å²) in [6.45, 7) is 4.48. The van der Waals surface area contributed by atoms with E-state index < -0.39 is 5.97 Å². The number of aromatic hydroxyl groups is 1. The molecule has 0 spiro atoms. The maximum Gasteiger partial charge on any atom is 0.326 e. The number of benzene rings is 1. The van der Waals surface area contributed by atoms with Crippen molar-refractivity contribution in [2.45, 2.75) is 18.1 Å². The van der Waals surface area contributed by atoms with E-state index in [9.17, 15) is 4.79 Å². The number of aryl methyl sites for hydroxylation is 2. The zero-order valence-corrected chi connectivity index (χ0v) is 17.3. The maximum absolute atomic E-state index is 11.0.